The highest BCUT2D eigenvalue weighted by Crippen LogP contribution is 2.37. The Balaban J connectivity index is 0.000000948. The van der Waals surface area contributed by atoms with Crippen LogP contribution in [-0.4, -0.2) is 9.50 Å². The topological polar surface area (TPSA) is 21.2 Å². The van der Waals surface area contributed by atoms with Crippen LogP contribution in [0, 0.1) is 41.5 Å². The van der Waals surface area contributed by atoms with E-state index in [0.717, 1.165) is 11.5 Å². The molecule has 3 heteroatoms. The van der Waals surface area contributed by atoms with Crippen LogP contribution < -0.4 is 4.68 Å². The van der Waals surface area contributed by atoms with Gasteiger partial charge in [-0.1, -0.05) is 32.0 Å². The molecular weight excluding hydrogens is 318 g/mol. The quantitative estimate of drug-likeness (QED) is 0.310. The number of hydrogen-bond acceptors (Lipinski definition) is 1. The maximum atomic E-state index is 4.93. The van der Waals surface area contributed by atoms with Crippen molar-refractivity contribution in [2.24, 2.45) is 7.05 Å². The minimum Gasteiger partial charge on any atom is -0.152 e. The second kappa shape index (κ2) is 6.39. The summed E-state index contributed by atoms with van der Waals surface area (Å²) in [6, 6.07) is 6.60. The largest absolute Gasteiger partial charge is 0.316 e. The van der Waals surface area contributed by atoms with Gasteiger partial charge in [-0.05, 0) is 67.4 Å². The van der Waals surface area contributed by atoms with Crippen LogP contribution in [0.3, 0.4) is 0 Å². The van der Waals surface area contributed by atoms with Gasteiger partial charge in [-0.3, -0.25) is 0 Å². The Hall–Kier alpha value is -2.42. The summed E-state index contributed by atoms with van der Waals surface area (Å²) in [5, 5.41) is 3.96. The van der Waals surface area contributed by atoms with Crippen molar-refractivity contribution in [2.45, 2.75) is 55.4 Å². The number of benzene rings is 2. The lowest BCUT2D eigenvalue weighted by molar-refractivity contribution is -0.742. The van der Waals surface area contributed by atoms with E-state index in [2.05, 4.69) is 76.0 Å². The minimum atomic E-state index is 1.03. The zero-order chi connectivity index (χ0) is 19.3. The van der Waals surface area contributed by atoms with Crippen molar-refractivity contribution in [3.63, 3.8) is 0 Å². The second-order valence-corrected chi connectivity index (χ2v) is 7.04. The fourth-order valence-corrected chi connectivity index (χ4v) is 4.05. The summed E-state index contributed by atoms with van der Waals surface area (Å²) in [4.78, 5) is 4.93. The van der Waals surface area contributed by atoms with Gasteiger partial charge in [0.2, 0.25) is 0 Å². The average Bonchev–Trinajstić information content (AvgIpc) is 2.93. The van der Waals surface area contributed by atoms with Gasteiger partial charge in [0.05, 0.1) is 10.9 Å². The minimum absolute atomic E-state index is 1.03. The Morgan fingerprint density at radius 1 is 0.808 bits per heavy atom. The smallest absolute Gasteiger partial charge is 0.152 e. The summed E-state index contributed by atoms with van der Waals surface area (Å²) >= 11 is 0. The molecule has 0 aliphatic rings. The van der Waals surface area contributed by atoms with Crippen LogP contribution in [0.1, 0.15) is 47.5 Å². The molecule has 0 fully saturated rings. The van der Waals surface area contributed by atoms with Crippen molar-refractivity contribution in [1.82, 2.24) is 9.50 Å². The van der Waals surface area contributed by atoms with Crippen molar-refractivity contribution in [3.05, 3.63) is 51.8 Å². The van der Waals surface area contributed by atoms with E-state index in [1.807, 2.05) is 13.8 Å². The van der Waals surface area contributed by atoms with Gasteiger partial charge in [-0.2, -0.15) is 4.68 Å². The molecule has 2 heterocycles. The van der Waals surface area contributed by atoms with Crippen LogP contribution in [0.5, 0.6) is 0 Å². The van der Waals surface area contributed by atoms with E-state index in [1.54, 1.807) is 0 Å². The number of pyridine rings is 1. The first-order valence-corrected chi connectivity index (χ1v) is 9.51. The summed E-state index contributed by atoms with van der Waals surface area (Å²) in [5.41, 5.74) is 9.07. The molecule has 4 rings (SSSR count). The van der Waals surface area contributed by atoms with Crippen LogP contribution >= 0.6 is 0 Å². The molecule has 4 aromatic rings. The lowest BCUT2D eigenvalue weighted by Crippen LogP contribution is -2.37. The Labute approximate surface area is 156 Å². The molecule has 0 spiro atoms. The molecule has 0 aliphatic heterocycles. The van der Waals surface area contributed by atoms with Gasteiger partial charge in [0.15, 0.2) is 0 Å². The maximum Gasteiger partial charge on any atom is 0.316 e. The third kappa shape index (κ3) is 2.26. The number of hydrogen-bond donors (Lipinski definition) is 0. The number of fused-ring (bicyclic) bond motifs is 6. The molecule has 0 radical (unpaired) electrons. The lowest BCUT2D eigenvalue weighted by Gasteiger charge is -2.16. The summed E-state index contributed by atoms with van der Waals surface area (Å²) in [6.45, 7) is 17.2. The van der Waals surface area contributed by atoms with Crippen LogP contribution in [0.25, 0.3) is 27.3 Å². The molecule has 0 amide bonds. The predicted octanol–water partition coefficient (Wildman–Crippen LogP) is 5.34. The van der Waals surface area contributed by atoms with Crippen molar-refractivity contribution in [1.29, 1.82) is 0 Å². The Morgan fingerprint density at radius 2 is 1.38 bits per heavy atom. The molecule has 0 aliphatic carbocycles. The lowest BCUT2D eigenvalue weighted by atomic mass is 9.90. The number of rotatable bonds is 0. The number of nitrogens with zero attached hydrogens (tertiary/aromatic N) is 3. The summed E-state index contributed by atoms with van der Waals surface area (Å²) in [7, 11) is 2.09. The third-order valence-corrected chi connectivity index (χ3v) is 5.87. The fraction of sp³-hybridized carbons (Fsp3) is 0.391. The van der Waals surface area contributed by atoms with Crippen LogP contribution in [0.2, 0.25) is 0 Å². The van der Waals surface area contributed by atoms with Gasteiger partial charge < -0.3 is 0 Å². The first kappa shape index (κ1) is 18.4. The molecule has 0 atom stereocenters. The molecule has 0 saturated carbocycles. The van der Waals surface area contributed by atoms with E-state index in [0.29, 0.717) is 0 Å². The predicted molar refractivity (Wildman–Crippen MR) is 111 cm³/mol. The van der Waals surface area contributed by atoms with E-state index in [4.69, 9.17) is 4.98 Å². The van der Waals surface area contributed by atoms with Crippen LogP contribution in [-0.2, 0) is 7.05 Å². The van der Waals surface area contributed by atoms with E-state index < -0.39 is 0 Å². The number of para-hydroxylation sites is 1. The average molecular weight is 349 g/mol. The summed E-state index contributed by atoms with van der Waals surface area (Å²) in [6.07, 6.45) is 0. The molecule has 0 N–H and O–H groups in total. The van der Waals surface area contributed by atoms with E-state index in [9.17, 15) is 0 Å². The molecule has 2 aromatic heterocycles. The van der Waals surface area contributed by atoms with Gasteiger partial charge >= 0.3 is 5.82 Å². The van der Waals surface area contributed by atoms with Crippen molar-refractivity contribution < 1.29 is 4.68 Å². The van der Waals surface area contributed by atoms with Gasteiger partial charge in [-0.25, -0.2) is 0 Å². The highest BCUT2D eigenvalue weighted by molar-refractivity contribution is 6.15. The summed E-state index contributed by atoms with van der Waals surface area (Å²) < 4.78 is 4.44. The monoisotopic (exact) mass is 348 g/mol. The highest BCUT2D eigenvalue weighted by Gasteiger charge is 2.24. The first-order chi connectivity index (χ1) is 12.3. The molecule has 3 nitrogen and oxygen atoms in total. The summed E-state index contributed by atoms with van der Waals surface area (Å²) in [5.74, 6) is 1.03. The molecule has 0 bridgehead atoms. The first-order valence-electron chi connectivity index (χ1n) is 9.51. The second-order valence-electron chi connectivity index (χ2n) is 7.04. The van der Waals surface area contributed by atoms with Gasteiger partial charge in [-0.15, -0.1) is 4.52 Å². The van der Waals surface area contributed by atoms with Gasteiger partial charge in [0, 0.05) is 17.7 Å². The fourth-order valence-electron chi connectivity index (χ4n) is 4.05. The number of aromatic nitrogens is 3. The molecule has 0 saturated heterocycles. The molecule has 26 heavy (non-hydrogen) atoms. The number of aryl methyl sites for hydroxylation is 5. The Kier molecular flexibility index (Phi) is 4.51. The standard InChI is InChI=1S/C21H24N3.C2H6/c1-11-9-8-10-17-18-14(4)12(2)13(3)15(5)19(18)21-22-16(6)23(7)24(21)20(11)17;1-2/h8-10H,1-7H3;1-2H3/q+1;. The van der Waals surface area contributed by atoms with Gasteiger partial charge in [0.25, 0.3) is 5.65 Å². The van der Waals surface area contributed by atoms with Crippen LogP contribution in [0.4, 0.5) is 0 Å². The van der Waals surface area contributed by atoms with Gasteiger partial charge in [0.1, 0.15) is 7.05 Å². The highest BCUT2D eigenvalue weighted by atomic mass is 15.4. The van der Waals surface area contributed by atoms with E-state index >= 15 is 0 Å². The molecular formula is C23H30N3+. The zero-order valence-corrected chi connectivity index (χ0v) is 17.6. The van der Waals surface area contributed by atoms with E-state index in [-0.39, 0.29) is 0 Å². The molecule has 136 valence electrons. The van der Waals surface area contributed by atoms with Crippen molar-refractivity contribution in [3.8, 4) is 0 Å². The molecule has 0 unspecified atom stereocenters. The maximum absolute atomic E-state index is 4.93. The van der Waals surface area contributed by atoms with Crippen molar-refractivity contribution in [2.75, 3.05) is 0 Å². The van der Waals surface area contributed by atoms with Crippen molar-refractivity contribution >= 4 is 27.3 Å². The zero-order valence-electron chi connectivity index (χ0n) is 17.6. The molecule has 2 aromatic carbocycles. The third-order valence-electron chi connectivity index (χ3n) is 5.87. The Bertz CT molecular complexity index is 1160. The van der Waals surface area contributed by atoms with Crippen LogP contribution in [0.15, 0.2) is 18.2 Å². The SMILES string of the molecule is CC.Cc1c(C)c(C)c2c(c1C)c1cccc(C)c1n1c2nc(C)[n+]1C. The normalized spacial score (nSPS) is 11.3. The Morgan fingerprint density at radius 3 is 2.00 bits per heavy atom. The van der Waals surface area contributed by atoms with E-state index in [1.165, 1.54) is 49.5 Å².